The molecule has 5 rings (SSSR count). The number of benzene rings is 4. The van der Waals surface area contributed by atoms with E-state index in [9.17, 15) is 14.9 Å². The third-order valence-electron chi connectivity index (χ3n) is 6.87. The molecule has 10 nitrogen and oxygen atoms in total. The minimum Gasteiger partial charge on any atom is -0.493 e. The molecule has 0 spiro atoms. The van der Waals surface area contributed by atoms with Crippen molar-refractivity contribution in [3.63, 3.8) is 0 Å². The van der Waals surface area contributed by atoms with Gasteiger partial charge in [-0.2, -0.15) is 10.4 Å². The van der Waals surface area contributed by atoms with Crippen molar-refractivity contribution in [2.75, 3.05) is 20.3 Å². The average Bonchev–Trinajstić information content (AvgIpc) is 3.46. The van der Waals surface area contributed by atoms with Crippen LogP contribution in [0.25, 0.3) is 22.0 Å². The van der Waals surface area contributed by atoms with Crippen LogP contribution in [0, 0.1) is 11.3 Å². The fourth-order valence-corrected chi connectivity index (χ4v) is 5.06. The average molecular weight is 637 g/mol. The van der Waals surface area contributed by atoms with Crippen LogP contribution in [0.5, 0.6) is 23.0 Å². The Morgan fingerprint density at radius 3 is 2.43 bits per heavy atom. The number of carbonyl (C=O) groups excluding carboxylic acids is 2. The number of amides is 1. The number of H-pyrrole nitrogens is 1. The van der Waals surface area contributed by atoms with Gasteiger partial charge in [-0.3, -0.25) is 4.79 Å². The Labute approximate surface area is 270 Å². The smallest absolute Gasteiger partial charge is 0.343 e. The Bertz CT molecular complexity index is 2000. The van der Waals surface area contributed by atoms with Gasteiger partial charge in [0.05, 0.1) is 43.2 Å². The van der Waals surface area contributed by atoms with E-state index in [4.69, 9.17) is 30.5 Å². The summed E-state index contributed by atoms with van der Waals surface area (Å²) in [6.45, 7) is 4.56. The number of aromatic amines is 1. The maximum Gasteiger partial charge on any atom is 0.343 e. The number of fused-ring (bicyclic) bond motifs is 1. The lowest BCUT2D eigenvalue weighted by Gasteiger charge is -2.13. The van der Waals surface area contributed by atoms with Crippen LogP contribution in [0.4, 0.5) is 0 Å². The summed E-state index contributed by atoms with van der Waals surface area (Å²) in [4.78, 5) is 29.4. The molecule has 46 heavy (non-hydrogen) atoms. The Balaban J connectivity index is 1.35. The highest BCUT2D eigenvalue weighted by Gasteiger charge is 2.22. The van der Waals surface area contributed by atoms with Crippen molar-refractivity contribution < 1.29 is 28.5 Å². The van der Waals surface area contributed by atoms with Crippen LogP contribution < -0.4 is 24.4 Å². The summed E-state index contributed by atoms with van der Waals surface area (Å²) in [5, 5.41) is 14.9. The zero-order chi connectivity index (χ0) is 32.6. The number of carbonyl (C=O) groups is 2. The topological polar surface area (TPSA) is 135 Å². The number of aromatic nitrogens is 1. The number of methoxy groups -OCH3 is 1. The molecule has 4 aromatic carbocycles. The minimum atomic E-state index is -0.608. The molecule has 11 heteroatoms. The van der Waals surface area contributed by atoms with E-state index < -0.39 is 11.9 Å². The quantitative estimate of drug-likeness (QED) is 0.0680. The molecule has 5 aromatic rings. The number of ether oxygens (including phenoxy) is 4. The van der Waals surface area contributed by atoms with Gasteiger partial charge in [-0.05, 0) is 67.9 Å². The van der Waals surface area contributed by atoms with Gasteiger partial charge < -0.3 is 23.9 Å². The molecule has 0 bridgehead atoms. The van der Waals surface area contributed by atoms with Crippen molar-refractivity contribution in [3.05, 3.63) is 106 Å². The Morgan fingerprint density at radius 1 is 0.935 bits per heavy atom. The van der Waals surface area contributed by atoms with Crippen LogP contribution in [-0.2, 0) is 0 Å². The summed E-state index contributed by atoms with van der Waals surface area (Å²) < 4.78 is 22.2. The van der Waals surface area contributed by atoms with Crippen LogP contribution in [0.3, 0.4) is 0 Å². The molecule has 2 N–H and O–H groups in total. The molecular weight excluding hydrogens is 608 g/mol. The second kappa shape index (κ2) is 14.3. The Kier molecular flexibility index (Phi) is 9.85. The van der Waals surface area contributed by atoms with Gasteiger partial charge in [0, 0.05) is 21.5 Å². The molecule has 1 aromatic heterocycles. The number of hydrogen-bond donors (Lipinski definition) is 2. The van der Waals surface area contributed by atoms with E-state index in [2.05, 4.69) is 21.6 Å². The van der Waals surface area contributed by atoms with Gasteiger partial charge in [0.2, 0.25) is 0 Å². The first-order valence-corrected chi connectivity index (χ1v) is 14.7. The summed E-state index contributed by atoms with van der Waals surface area (Å²) in [6, 6.07) is 24.2. The summed E-state index contributed by atoms with van der Waals surface area (Å²) in [5.41, 5.74) is 5.66. The number of hydrogen-bond acceptors (Lipinski definition) is 8. The fourth-order valence-electron chi connectivity index (χ4n) is 4.83. The molecule has 0 aliphatic rings. The summed E-state index contributed by atoms with van der Waals surface area (Å²) in [6.07, 6.45) is 1.42. The summed E-state index contributed by atoms with van der Waals surface area (Å²) >= 11 is 6.50. The van der Waals surface area contributed by atoms with E-state index >= 15 is 0 Å². The van der Waals surface area contributed by atoms with Gasteiger partial charge in [-0.15, -0.1) is 0 Å². The molecule has 1 amide bonds. The van der Waals surface area contributed by atoms with Crippen molar-refractivity contribution in [2.45, 2.75) is 13.8 Å². The predicted octanol–water partition coefficient (Wildman–Crippen LogP) is 7.15. The summed E-state index contributed by atoms with van der Waals surface area (Å²) in [7, 11) is 1.45. The van der Waals surface area contributed by atoms with Crippen molar-refractivity contribution in [1.82, 2.24) is 10.4 Å². The van der Waals surface area contributed by atoms with Crippen LogP contribution in [0.1, 0.15) is 45.8 Å². The van der Waals surface area contributed by atoms with E-state index in [0.717, 1.165) is 0 Å². The van der Waals surface area contributed by atoms with Crippen LogP contribution in [0.15, 0.2) is 84.0 Å². The van der Waals surface area contributed by atoms with Crippen LogP contribution in [-0.4, -0.2) is 43.4 Å². The van der Waals surface area contributed by atoms with E-state index in [0.29, 0.717) is 62.9 Å². The number of esters is 1. The number of rotatable bonds is 11. The number of nitrogens with zero attached hydrogens (tertiary/aromatic N) is 2. The first-order chi connectivity index (χ1) is 22.4. The van der Waals surface area contributed by atoms with Gasteiger partial charge in [0.25, 0.3) is 5.91 Å². The zero-order valence-electron chi connectivity index (χ0n) is 25.2. The lowest BCUT2D eigenvalue weighted by Crippen LogP contribution is -2.19. The standard InChI is InChI=1S/C35H29ClN4O6/c1-4-44-27-16-14-22(18-30(27)45-5-2)35(42)46-28-15-13-21(17-29(28)43-3)20-38-40-34(41)33-31(24-10-6-7-12-26(24)36)25-11-8-9-23(19-37)32(25)39-33/h6-18,20,39H,4-5H2,1-3H3,(H,40,41). The summed E-state index contributed by atoms with van der Waals surface area (Å²) in [5.74, 6) is 0.298. The highest BCUT2D eigenvalue weighted by molar-refractivity contribution is 6.34. The SMILES string of the molecule is CCOc1ccc(C(=O)Oc2ccc(C=NNC(=O)c3[nH]c4c(C#N)cccc4c3-c3ccccc3Cl)cc2OC)cc1OCC. The number of nitrogens with one attached hydrogen (secondary N) is 2. The van der Waals surface area contributed by atoms with Gasteiger partial charge in [-0.25, -0.2) is 10.2 Å². The van der Waals surface area contributed by atoms with Gasteiger partial charge in [0.1, 0.15) is 11.8 Å². The minimum absolute atomic E-state index is 0.191. The fraction of sp³-hybridized carbons (Fsp3) is 0.143. The molecule has 1 heterocycles. The van der Waals surface area contributed by atoms with E-state index in [1.54, 1.807) is 66.7 Å². The molecule has 0 fully saturated rings. The Morgan fingerprint density at radius 2 is 1.70 bits per heavy atom. The molecule has 232 valence electrons. The van der Waals surface area contributed by atoms with Crippen LogP contribution in [0.2, 0.25) is 5.02 Å². The Hall–Kier alpha value is -5.79. The maximum absolute atomic E-state index is 13.4. The van der Waals surface area contributed by atoms with E-state index in [1.807, 2.05) is 26.0 Å². The van der Waals surface area contributed by atoms with Gasteiger partial charge in [0.15, 0.2) is 23.0 Å². The number of nitriles is 1. The first kappa shape index (κ1) is 31.6. The number of para-hydroxylation sites is 1. The molecule has 0 atom stereocenters. The molecule has 0 unspecified atom stereocenters. The number of hydrazone groups is 1. The monoisotopic (exact) mass is 636 g/mol. The van der Waals surface area contributed by atoms with Crippen molar-refractivity contribution >= 4 is 40.6 Å². The first-order valence-electron chi connectivity index (χ1n) is 14.3. The second-order valence-corrected chi connectivity index (χ2v) is 10.1. The second-order valence-electron chi connectivity index (χ2n) is 9.72. The van der Waals surface area contributed by atoms with Gasteiger partial charge >= 0.3 is 5.97 Å². The lowest BCUT2D eigenvalue weighted by atomic mass is 10.0. The lowest BCUT2D eigenvalue weighted by molar-refractivity contribution is 0.0728. The van der Waals surface area contributed by atoms with Gasteiger partial charge in [-0.1, -0.05) is 41.9 Å². The third kappa shape index (κ3) is 6.65. The molecule has 0 saturated heterocycles. The van der Waals surface area contributed by atoms with E-state index in [1.165, 1.54) is 13.3 Å². The maximum atomic E-state index is 13.4. The predicted molar refractivity (Wildman–Crippen MR) is 175 cm³/mol. The normalized spacial score (nSPS) is 10.8. The largest absolute Gasteiger partial charge is 0.493 e. The third-order valence-corrected chi connectivity index (χ3v) is 7.20. The molecule has 0 radical (unpaired) electrons. The molecule has 0 aliphatic carbocycles. The van der Waals surface area contributed by atoms with E-state index in [-0.39, 0.29) is 22.8 Å². The number of halogens is 1. The van der Waals surface area contributed by atoms with Crippen molar-refractivity contribution in [2.24, 2.45) is 5.10 Å². The van der Waals surface area contributed by atoms with Crippen molar-refractivity contribution in [1.29, 1.82) is 5.26 Å². The molecule has 0 saturated carbocycles. The van der Waals surface area contributed by atoms with Crippen LogP contribution >= 0.6 is 11.6 Å². The highest BCUT2D eigenvalue weighted by Crippen LogP contribution is 2.37. The molecule has 0 aliphatic heterocycles. The highest BCUT2D eigenvalue weighted by atomic mass is 35.5. The zero-order valence-corrected chi connectivity index (χ0v) is 26.0. The molecular formula is C35H29ClN4O6. The van der Waals surface area contributed by atoms with Crippen molar-refractivity contribution in [3.8, 4) is 40.2 Å².